The first-order valence-corrected chi connectivity index (χ1v) is 12.5. The third-order valence-electron chi connectivity index (χ3n) is 6.52. The molecule has 1 aromatic carbocycles. The Morgan fingerprint density at radius 2 is 1.97 bits per heavy atom. The summed E-state index contributed by atoms with van der Waals surface area (Å²) in [5.74, 6) is -3.59. The minimum atomic E-state index is -1.52. The van der Waals surface area contributed by atoms with Crippen LogP contribution in [0.2, 0.25) is 0 Å². The molecule has 2 N–H and O–H groups in total. The van der Waals surface area contributed by atoms with Crippen molar-refractivity contribution in [3.8, 4) is 17.3 Å². The third-order valence-corrected chi connectivity index (χ3v) is 6.52. The number of aliphatic hydroxyl groups excluding tert-OH is 1. The normalized spacial score (nSPS) is 16.2. The summed E-state index contributed by atoms with van der Waals surface area (Å²) in [6.07, 6.45) is 2.94. The average molecular weight is 534 g/mol. The van der Waals surface area contributed by atoms with Gasteiger partial charge in [0.15, 0.2) is 11.6 Å². The van der Waals surface area contributed by atoms with Crippen molar-refractivity contribution >= 4 is 23.2 Å². The number of fused-ring (bicyclic) bond motifs is 1. The van der Waals surface area contributed by atoms with Crippen LogP contribution in [0.1, 0.15) is 18.4 Å². The maximum Gasteiger partial charge on any atom is 0.257 e. The van der Waals surface area contributed by atoms with Crippen LogP contribution in [-0.4, -0.2) is 73.3 Å². The fourth-order valence-corrected chi connectivity index (χ4v) is 4.58. The maximum atomic E-state index is 15.8. The molecule has 2 atom stereocenters. The van der Waals surface area contributed by atoms with E-state index in [2.05, 4.69) is 20.4 Å². The van der Waals surface area contributed by atoms with Crippen LogP contribution < -0.4 is 15.2 Å². The summed E-state index contributed by atoms with van der Waals surface area (Å²) < 4.78 is 23.0. The van der Waals surface area contributed by atoms with E-state index in [9.17, 15) is 19.8 Å². The zero-order valence-corrected chi connectivity index (χ0v) is 20.9. The lowest BCUT2D eigenvalue weighted by molar-refractivity contribution is -0.313. The van der Waals surface area contributed by atoms with E-state index >= 15 is 4.39 Å². The number of likely N-dealkylation sites (tertiary alicyclic amines) is 1. The SMILES string of the molecule is O=C([O-])C(Cc1ccccc1)Oc1nc(-c2cnn3ccccc23)nc(N[C@@H]2CCCN(C(=O)CO)C2)c1F. The molecule has 1 unspecified atom stereocenters. The maximum absolute atomic E-state index is 15.8. The number of nitrogens with one attached hydrogen (secondary N) is 1. The highest BCUT2D eigenvalue weighted by Gasteiger charge is 2.27. The van der Waals surface area contributed by atoms with Gasteiger partial charge in [-0.3, -0.25) is 4.79 Å². The largest absolute Gasteiger partial charge is 0.546 e. The van der Waals surface area contributed by atoms with Crippen LogP contribution in [0.15, 0.2) is 60.9 Å². The molecule has 4 heterocycles. The zero-order valence-electron chi connectivity index (χ0n) is 20.9. The number of piperidine rings is 1. The van der Waals surface area contributed by atoms with Crippen molar-refractivity contribution in [2.24, 2.45) is 0 Å². The highest BCUT2D eigenvalue weighted by atomic mass is 19.1. The molecule has 11 nitrogen and oxygen atoms in total. The van der Waals surface area contributed by atoms with Crippen LogP contribution in [0.5, 0.6) is 5.88 Å². The molecule has 0 radical (unpaired) electrons. The van der Waals surface area contributed by atoms with E-state index in [1.807, 2.05) is 0 Å². The molecule has 4 aromatic rings. The molecule has 39 heavy (non-hydrogen) atoms. The first kappa shape index (κ1) is 26.0. The number of nitrogens with zero attached hydrogens (tertiary/aromatic N) is 5. The number of benzene rings is 1. The van der Waals surface area contributed by atoms with E-state index in [1.54, 1.807) is 59.2 Å². The topological polar surface area (TPSA) is 145 Å². The Bertz CT molecular complexity index is 1480. The molecule has 1 saturated heterocycles. The van der Waals surface area contributed by atoms with Gasteiger partial charge >= 0.3 is 0 Å². The molecule has 202 valence electrons. The van der Waals surface area contributed by atoms with Crippen LogP contribution in [0.25, 0.3) is 16.9 Å². The van der Waals surface area contributed by atoms with Crippen molar-refractivity contribution in [1.29, 1.82) is 0 Å². The fraction of sp³-hybridized carbons (Fsp3) is 0.296. The second-order valence-corrected chi connectivity index (χ2v) is 9.20. The second-order valence-electron chi connectivity index (χ2n) is 9.20. The van der Waals surface area contributed by atoms with E-state index in [0.29, 0.717) is 36.0 Å². The minimum absolute atomic E-state index is 0.0672. The number of aromatic nitrogens is 4. The predicted octanol–water partition coefficient (Wildman–Crippen LogP) is 1.07. The summed E-state index contributed by atoms with van der Waals surface area (Å²) in [4.78, 5) is 34.1. The van der Waals surface area contributed by atoms with Gasteiger partial charge in [-0.15, -0.1) is 0 Å². The Morgan fingerprint density at radius 1 is 1.18 bits per heavy atom. The van der Waals surface area contributed by atoms with Crippen LogP contribution in [0.3, 0.4) is 0 Å². The Balaban J connectivity index is 1.51. The van der Waals surface area contributed by atoms with E-state index in [0.717, 1.165) is 0 Å². The predicted molar refractivity (Wildman–Crippen MR) is 136 cm³/mol. The molecule has 0 spiro atoms. The number of aliphatic carboxylic acids is 1. The summed E-state index contributed by atoms with van der Waals surface area (Å²) in [5.41, 5.74) is 1.80. The number of rotatable bonds is 9. The highest BCUT2D eigenvalue weighted by Crippen LogP contribution is 2.30. The number of halogens is 1. The van der Waals surface area contributed by atoms with Gasteiger partial charge in [0.2, 0.25) is 11.7 Å². The summed E-state index contributed by atoms with van der Waals surface area (Å²) in [6, 6.07) is 13.8. The van der Waals surface area contributed by atoms with Crippen molar-refractivity contribution in [2.45, 2.75) is 31.4 Å². The molecular formula is C27H26FN6O5-. The number of carboxylic acid groups (broad SMARTS) is 1. The summed E-state index contributed by atoms with van der Waals surface area (Å²) >= 11 is 0. The molecule has 12 heteroatoms. The van der Waals surface area contributed by atoms with Crippen LogP contribution >= 0.6 is 0 Å². The smallest absolute Gasteiger partial charge is 0.257 e. The Hall–Kier alpha value is -4.58. The standard InChI is InChI=1S/C27H27FN6O5/c28-23-25(30-18-9-6-11-33(15-18)22(36)16-35)31-24(19-14-29-34-12-5-4-10-20(19)34)32-26(23)39-21(27(37)38)13-17-7-2-1-3-8-17/h1-5,7-8,10,12,14,18,21,35H,6,9,11,13,15-16H2,(H,37,38)(H,30,31,32)/p-1/t18-,21?/m1/s1. The zero-order chi connectivity index (χ0) is 27.4. The number of ether oxygens (including phenoxy) is 1. The van der Waals surface area contributed by atoms with Crippen molar-refractivity contribution < 1.29 is 28.9 Å². The van der Waals surface area contributed by atoms with Gasteiger partial charge < -0.3 is 30.0 Å². The average Bonchev–Trinajstić information content (AvgIpc) is 3.39. The van der Waals surface area contributed by atoms with Gasteiger partial charge in [-0.25, -0.2) is 9.50 Å². The van der Waals surface area contributed by atoms with Crippen LogP contribution in [0, 0.1) is 5.82 Å². The number of hydrogen-bond acceptors (Lipinski definition) is 9. The van der Waals surface area contributed by atoms with Crippen LogP contribution in [-0.2, 0) is 16.0 Å². The minimum Gasteiger partial charge on any atom is -0.546 e. The number of carbonyl (C=O) groups is 2. The van der Waals surface area contributed by atoms with E-state index in [-0.39, 0.29) is 30.6 Å². The lowest BCUT2D eigenvalue weighted by Gasteiger charge is -2.33. The van der Waals surface area contributed by atoms with Crippen molar-refractivity contribution in [3.63, 3.8) is 0 Å². The highest BCUT2D eigenvalue weighted by molar-refractivity contribution is 5.78. The molecule has 0 bridgehead atoms. The first-order chi connectivity index (χ1) is 18.9. The molecule has 1 fully saturated rings. The van der Waals surface area contributed by atoms with Gasteiger partial charge in [0.05, 0.1) is 23.2 Å². The van der Waals surface area contributed by atoms with Gasteiger partial charge in [-0.2, -0.15) is 14.5 Å². The third kappa shape index (κ3) is 5.80. The number of carboxylic acids is 1. The van der Waals surface area contributed by atoms with Crippen molar-refractivity contribution in [1.82, 2.24) is 24.5 Å². The van der Waals surface area contributed by atoms with Gasteiger partial charge in [0.25, 0.3) is 5.88 Å². The number of anilines is 1. The lowest BCUT2D eigenvalue weighted by atomic mass is 10.1. The van der Waals surface area contributed by atoms with Crippen LogP contribution in [0.4, 0.5) is 10.2 Å². The van der Waals surface area contributed by atoms with Gasteiger partial charge in [0.1, 0.15) is 12.7 Å². The lowest BCUT2D eigenvalue weighted by Crippen LogP contribution is -2.46. The molecule has 1 amide bonds. The molecule has 1 aliphatic rings. The summed E-state index contributed by atoms with van der Waals surface area (Å²) in [5, 5.41) is 28.5. The number of pyridine rings is 1. The molecule has 3 aromatic heterocycles. The quantitative estimate of drug-likeness (QED) is 0.323. The van der Waals surface area contributed by atoms with Crippen molar-refractivity contribution in [3.05, 3.63) is 72.3 Å². The number of carbonyl (C=O) groups excluding carboxylic acids is 2. The molecule has 0 saturated carbocycles. The summed E-state index contributed by atoms with van der Waals surface area (Å²) in [7, 11) is 0. The summed E-state index contributed by atoms with van der Waals surface area (Å²) in [6.45, 7) is 0.108. The molecule has 1 aliphatic heterocycles. The number of aliphatic hydroxyl groups is 1. The number of amides is 1. The number of hydrogen-bond donors (Lipinski definition) is 2. The second kappa shape index (κ2) is 11.4. The first-order valence-electron chi connectivity index (χ1n) is 12.5. The van der Waals surface area contributed by atoms with Crippen molar-refractivity contribution in [2.75, 3.05) is 25.0 Å². The van der Waals surface area contributed by atoms with E-state index < -0.39 is 36.3 Å². The Labute approximate surface area is 222 Å². The molecule has 0 aliphatic carbocycles. The fourth-order valence-electron chi connectivity index (χ4n) is 4.58. The van der Waals surface area contributed by atoms with Gasteiger partial charge in [-0.05, 0) is 30.5 Å². The molecule has 5 rings (SSSR count). The molecular weight excluding hydrogens is 507 g/mol. The van der Waals surface area contributed by atoms with E-state index in [1.165, 1.54) is 11.1 Å². The monoisotopic (exact) mass is 533 g/mol. The Morgan fingerprint density at radius 3 is 2.74 bits per heavy atom. The van der Waals surface area contributed by atoms with Gasteiger partial charge in [0, 0.05) is 31.7 Å². The van der Waals surface area contributed by atoms with Gasteiger partial charge in [-0.1, -0.05) is 36.4 Å². The Kier molecular flexibility index (Phi) is 7.64. The van der Waals surface area contributed by atoms with E-state index in [4.69, 9.17) is 4.74 Å².